The highest BCUT2D eigenvalue weighted by atomic mass is 16.1. The number of nitrogens with one attached hydrogen (secondary N) is 1. The number of hydrogen-bond acceptors (Lipinski definition) is 3. The highest BCUT2D eigenvalue weighted by molar-refractivity contribution is 5.79. The maximum absolute atomic E-state index is 12.1. The second-order valence-electron chi connectivity index (χ2n) is 5.65. The van der Waals surface area contributed by atoms with E-state index in [0.717, 1.165) is 32.5 Å². The molecule has 1 aliphatic heterocycles. The molecule has 0 spiro atoms. The summed E-state index contributed by atoms with van der Waals surface area (Å²) < 4.78 is 0. The van der Waals surface area contributed by atoms with Gasteiger partial charge in [-0.2, -0.15) is 0 Å². The monoisotopic (exact) mass is 275 g/mol. The van der Waals surface area contributed by atoms with Crippen LogP contribution in [0.25, 0.3) is 0 Å². The van der Waals surface area contributed by atoms with Crippen molar-refractivity contribution in [1.82, 2.24) is 10.2 Å². The predicted octanol–water partition coefficient (Wildman–Crippen LogP) is 1.58. The molecule has 1 aromatic rings. The predicted molar refractivity (Wildman–Crippen MR) is 82.9 cm³/mol. The minimum atomic E-state index is 0.163. The average Bonchev–Trinajstić information content (AvgIpc) is 2.48. The lowest BCUT2D eigenvalue weighted by Gasteiger charge is -2.29. The third-order valence-corrected chi connectivity index (χ3v) is 3.94. The van der Waals surface area contributed by atoms with Gasteiger partial charge in [-0.3, -0.25) is 4.79 Å². The fourth-order valence-corrected chi connectivity index (χ4v) is 2.68. The Hall–Kier alpha value is -1.55. The van der Waals surface area contributed by atoms with Crippen LogP contribution in [0.4, 0.5) is 5.69 Å². The Morgan fingerprint density at radius 2 is 2.15 bits per heavy atom. The minimum absolute atomic E-state index is 0.163. The lowest BCUT2D eigenvalue weighted by Crippen LogP contribution is -2.43. The van der Waals surface area contributed by atoms with Crippen LogP contribution in [0.1, 0.15) is 12.8 Å². The Morgan fingerprint density at radius 1 is 1.40 bits per heavy atom. The summed E-state index contributed by atoms with van der Waals surface area (Å²) in [5, 5.41) is 3.07. The summed E-state index contributed by atoms with van der Waals surface area (Å²) in [5.74, 6) is 0.369. The van der Waals surface area contributed by atoms with Gasteiger partial charge in [-0.15, -0.1) is 0 Å². The van der Waals surface area contributed by atoms with Crippen molar-refractivity contribution in [1.29, 1.82) is 0 Å². The van der Waals surface area contributed by atoms with Crippen molar-refractivity contribution in [2.75, 3.05) is 45.2 Å². The summed E-state index contributed by atoms with van der Waals surface area (Å²) in [5.41, 5.74) is 1.18. The normalized spacial score (nSPS) is 19.6. The SMILES string of the molecule is CN1CCC[C@H](C(=O)NCCN(C)c2ccccc2)C1. The maximum Gasteiger partial charge on any atom is 0.224 e. The van der Waals surface area contributed by atoms with Gasteiger partial charge in [0.25, 0.3) is 0 Å². The number of rotatable bonds is 5. The van der Waals surface area contributed by atoms with Gasteiger partial charge in [0.1, 0.15) is 0 Å². The fraction of sp³-hybridized carbons (Fsp3) is 0.562. The average molecular weight is 275 g/mol. The quantitative estimate of drug-likeness (QED) is 0.886. The molecule has 1 atom stereocenters. The molecule has 1 heterocycles. The molecule has 1 N–H and O–H groups in total. The molecule has 1 fully saturated rings. The van der Waals surface area contributed by atoms with Gasteiger partial charge in [0, 0.05) is 32.4 Å². The Labute approximate surface area is 121 Å². The van der Waals surface area contributed by atoms with Crippen LogP contribution in [0, 0.1) is 5.92 Å². The van der Waals surface area contributed by atoms with Crippen LogP contribution >= 0.6 is 0 Å². The molecule has 0 saturated carbocycles. The van der Waals surface area contributed by atoms with Gasteiger partial charge in [0.2, 0.25) is 5.91 Å². The molecule has 1 saturated heterocycles. The Morgan fingerprint density at radius 3 is 2.85 bits per heavy atom. The topological polar surface area (TPSA) is 35.6 Å². The zero-order valence-electron chi connectivity index (χ0n) is 12.5. The number of anilines is 1. The van der Waals surface area contributed by atoms with E-state index < -0.39 is 0 Å². The standard InChI is InChI=1S/C16H25N3O/c1-18-11-6-7-14(13-18)16(20)17-10-12-19(2)15-8-4-3-5-9-15/h3-5,8-9,14H,6-7,10-13H2,1-2H3,(H,17,20)/t14-/m0/s1. The minimum Gasteiger partial charge on any atom is -0.373 e. The number of nitrogens with zero attached hydrogens (tertiary/aromatic N) is 2. The van der Waals surface area contributed by atoms with E-state index in [9.17, 15) is 4.79 Å². The molecule has 0 radical (unpaired) electrons. The van der Waals surface area contributed by atoms with Crippen LogP contribution in [0.2, 0.25) is 0 Å². The zero-order chi connectivity index (χ0) is 14.4. The first kappa shape index (κ1) is 14.9. The van der Waals surface area contributed by atoms with Gasteiger partial charge >= 0.3 is 0 Å². The van der Waals surface area contributed by atoms with Crippen LogP contribution in [0.3, 0.4) is 0 Å². The molecule has 1 aliphatic rings. The lowest BCUT2D eigenvalue weighted by atomic mass is 9.98. The summed E-state index contributed by atoms with van der Waals surface area (Å²) in [6, 6.07) is 10.2. The Balaban J connectivity index is 1.71. The number of piperidine rings is 1. The van der Waals surface area contributed by atoms with Crippen molar-refractivity contribution < 1.29 is 4.79 Å². The molecule has 0 aliphatic carbocycles. The van der Waals surface area contributed by atoms with E-state index in [0.29, 0.717) is 6.54 Å². The summed E-state index contributed by atoms with van der Waals surface area (Å²) in [6.45, 7) is 3.53. The Kier molecular flexibility index (Phi) is 5.41. The van der Waals surface area contributed by atoms with Gasteiger partial charge in [-0.25, -0.2) is 0 Å². The number of likely N-dealkylation sites (tertiary alicyclic amines) is 1. The molecule has 2 rings (SSSR count). The maximum atomic E-state index is 12.1. The first-order valence-corrected chi connectivity index (χ1v) is 7.39. The van der Waals surface area contributed by atoms with Crippen molar-refractivity contribution in [2.24, 2.45) is 5.92 Å². The smallest absolute Gasteiger partial charge is 0.224 e. The molecule has 20 heavy (non-hydrogen) atoms. The molecule has 4 nitrogen and oxygen atoms in total. The number of carbonyl (C=O) groups is 1. The third kappa shape index (κ3) is 4.23. The largest absolute Gasteiger partial charge is 0.373 e. The molecule has 4 heteroatoms. The van der Waals surface area contributed by atoms with Crippen molar-refractivity contribution in [3.8, 4) is 0 Å². The van der Waals surface area contributed by atoms with E-state index in [-0.39, 0.29) is 11.8 Å². The summed E-state index contributed by atoms with van der Waals surface area (Å²) in [6.07, 6.45) is 2.14. The summed E-state index contributed by atoms with van der Waals surface area (Å²) >= 11 is 0. The molecule has 1 aromatic carbocycles. The van der Waals surface area contributed by atoms with E-state index in [1.54, 1.807) is 0 Å². The number of likely N-dealkylation sites (N-methyl/N-ethyl adjacent to an activating group) is 1. The number of hydrogen-bond donors (Lipinski definition) is 1. The summed E-state index contributed by atoms with van der Waals surface area (Å²) in [4.78, 5) is 16.5. The van der Waals surface area contributed by atoms with Crippen LogP contribution in [-0.4, -0.2) is 51.1 Å². The summed E-state index contributed by atoms with van der Waals surface area (Å²) in [7, 11) is 4.14. The molecular weight excluding hydrogens is 250 g/mol. The number of para-hydroxylation sites is 1. The second kappa shape index (κ2) is 7.29. The zero-order valence-corrected chi connectivity index (χ0v) is 12.5. The lowest BCUT2D eigenvalue weighted by molar-refractivity contribution is -0.126. The van der Waals surface area contributed by atoms with E-state index in [1.807, 2.05) is 18.2 Å². The third-order valence-electron chi connectivity index (χ3n) is 3.94. The first-order valence-electron chi connectivity index (χ1n) is 7.39. The van der Waals surface area contributed by atoms with Crippen molar-refractivity contribution >= 4 is 11.6 Å². The Bertz CT molecular complexity index is 421. The van der Waals surface area contributed by atoms with Crippen LogP contribution in [0.15, 0.2) is 30.3 Å². The molecule has 110 valence electrons. The van der Waals surface area contributed by atoms with Gasteiger partial charge in [-0.1, -0.05) is 18.2 Å². The molecule has 0 unspecified atom stereocenters. The van der Waals surface area contributed by atoms with Crippen LogP contribution in [-0.2, 0) is 4.79 Å². The van der Waals surface area contributed by atoms with Gasteiger partial charge in [0.15, 0.2) is 0 Å². The van der Waals surface area contributed by atoms with Crippen molar-refractivity contribution in [2.45, 2.75) is 12.8 Å². The molecular formula is C16H25N3O. The van der Waals surface area contributed by atoms with E-state index in [2.05, 4.69) is 41.3 Å². The van der Waals surface area contributed by atoms with Crippen LogP contribution in [0.5, 0.6) is 0 Å². The van der Waals surface area contributed by atoms with Gasteiger partial charge < -0.3 is 15.1 Å². The van der Waals surface area contributed by atoms with E-state index in [4.69, 9.17) is 0 Å². The molecule has 0 bridgehead atoms. The number of amides is 1. The van der Waals surface area contributed by atoms with E-state index in [1.165, 1.54) is 5.69 Å². The van der Waals surface area contributed by atoms with Gasteiger partial charge in [0.05, 0.1) is 5.92 Å². The molecule has 0 aromatic heterocycles. The first-order chi connectivity index (χ1) is 9.66. The molecule has 1 amide bonds. The highest BCUT2D eigenvalue weighted by Gasteiger charge is 2.23. The second-order valence-corrected chi connectivity index (χ2v) is 5.65. The number of benzene rings is 1. The fourth-order valence-electron chi connectivity index (χ4n) is 2.68. The van der Waals surface area contributed by atoms with Crippen molar-refractivity contribution in [3.05, 3.63) is 30.3 Å². The number of carbonyl (C=O) groups excluding carboxylic acids is 1. The van der Waals surface area contributed by atoms with E-state index >= 15 is 0 Å². The van der Waals surface area contributed by atoms with Crippen LogP contribution < -0.4 is 10.2 Å². The van der Waals surface area contributed by atoms with Gasteiger partial charge in [-0.05, 0) is 38.6 Å². The highest BCUT2D eigenvalue weighted by Crippen LogP contribution is 2.15. The van der Waals surface area contributed by atoms with Crippen molar-refractivity contribution in [3.63, 3.8) is 0 Å².